The lowest BCUT2D eigenvalue weighted by Gasteiger charge is -2.06. The van der Waals surface area contributed by atoms with Gasteiger partial charge in [-0.25, -0.2) is 18.7 Å². The van der Waals surface area contributed by atoms with Crippen molar-refractivity contribution in [3.05, 3.63) is 168 Å². The number of aromatic nitrogens is 2. The van der Waals surface area contributed by atoms with E-state index in [1.807, 2.05) is 96.3 Å². The van der Waals surface area contributed by atoms with Gasteiger partial charge in [0.25, 0.3) is 0 Å². The highest BCUT2D eigenvalue weighted by atomic mass is 16.5. The van der Waals surface area contributed by atoms with E-state index in [1.165, 1.54) is 0 Å². The average molecular weight is 751 g/mol. The van der Waals surface area contributed by atoms with Crippen LogP contribution in [0.1, 0.15) is 31.8 Å². The minimum Gasteiger partial charge on any atom is -0.422 e. The third-order valence-corrected chi connectivity index (χ3v) is 8.34. The number of nitrogens with zero attached hydrogens (tertiary/aromatic N) is 6. The minimum atomic E-state index is -0.457. The molecule has 56 heavy (non-hydrogen) atoms. The summed E-state index contributed by atoms with van der Waals surface area (Å²) >= 11 is 0. The monoisotopic (exact) mass is 750 g/mol. The Labute approximate surface area is 325 Å². The summed E-state index contributed by atoms with van der Waals surface area (Å²) < 4.78 is 26.4. The highest BCUT2D eigenvalue weighted by Crippen LogP contribution is 2.22. The fourth-order valence-electron chi connectivity index (χ4n) is 5.10. The largest absolute Gasteiger partial charge is 0.422 e. The molecule has 0 atom stereocenters. The molecule has 12 nitrogen and oxygen atoms in total. The Balaban J connectivity index is 0.818. The zero-order valence-electron chi connectivity index (χ0n) is 31.2. The highest BCUT2D eigenvalue weighted by molar-refractivity contribution is 5.91. The first-order chi connectivity index (χ1) is 27.4. The fraction of sp³-hybridized carbons (Fsp3) is 0.182. The summed E-state index contributed by atoms with van der Waals surface area (Å²) in [6, 6.07) is 36.0. The lowest BCUT2D eigenvalue weighted by molar-refractivity contribution is -0.699. The van der Waals surface area contributed by atoms with Gasteiger partial charge in [0.15, 0.2) is 37.9 Å². The Morgan fingerprint density at radius 3 is 1.05 bits per heavy atom. The van der Waals surface area contributed by atoms with Crippen molar-refractivity contribution in [2.24, 2.45) is 20.5 Å². The van der Waals surface area contributed by atoms with Crippen molar-refractivity contribution in [2.75, 3.05) is 26.4 Å². The van der Waals surface area contributed by atoms with Gasteiger partial charge in [-0.2, -0.15) is 20.5 Å². The molecule has 0 amide bonds. The SMILES string of the molecule is Cc1ccc(N=Nc2ccc(C(=O)Oc3cc[n+](CCOCCOCC[n+]4ccc(OC(=O)c5ccc(N=Nc6ccc(C)cc6)cc5)cc4)cc3)cc2)cc1. The van der Waals surface area contributed by atoms with Gasteiger partial charge in [0.1, 0.15) is 24.7 Å². The van der Waals surface area contributed by atoms with Gasteiger partial charge in [-0.1, -0.05) is 35.4 Å². The number of ether oxygens (including phenoxy) is 4. The lowest BCUT2D eigenvalue weighted by Crippen LogP contribution is -2.36. The summed E-state index contributed by atoms with van der Waals surface area (Å²) in [6.45, 7) is 7.20. The molecular formula is C44H42N6O6+2. The van der Waals surface area contributed by atoms with E-state index >= 15 is 0 Å². The van der Waals surface area contributed by atoms with Crippen LogP contribution in [-0.2, 0) is 22.6 Å². The van der Waals surface area contributed by atoms with Crippen LogP contribution < -0.4 is 18.6 Å². The van der Waals surface area contributed by atoms with Crippen LogP contribution in [0.3, 0.4) is 0 Å². The van der Waals surface area contributed by atoms with E-state index in [0.29, 0.717) is 73.5 Å². The minimum absolute atomic E-state index is 0.416. The van der Waals surface area contributed by atoms with Crippen molar-refractivity contribution < 1.29 is 37.7 Å². The van der Waals surface area contributed by atoms with Crippen LogP contribution in [0.25, 0.3) is 0 Å². The van der Waals surface area contributed by atoms with Crippen molar-refractivity contribution in [1.82, 2.24) is 0 Å². The van der Waals surface area contributed by atoms with Crippen LogP contribution in [0, 0.1) is 13.8 Å². The van der Waals surface area contributed by atoms with E-state index in [2.05, 4.69) is 20.5 Å². The standard InChI is InChI=1S/C44H42N6O6/c1-33-3-11-37(12-4-33)45-47-39-15-7-35(8-16-39)43(51)55-41-19-23-49(24-20-41)27-29-53-31-32-54-30-28-50-25-21-42(22-26-50)56-44(52)36-9-17-40(18-10-36)48-46-38-13-5-34(2)6-14-38/h3-26H,27-32H2,1-2H3/q+2. The van der Waals surface area contributed by atoms with Crippen LogP contribution >= 0.6 is 0 Å². The average Bonchev–Trinajstić information content (AvgIpc) is 3.23. The third kappa shape index (κ3) is 12.4. The van der Waals surface area contributed by atoms with Crippen LogP contribution in [0.5, 0.6) is 11.5 Å². The van der Waals surface area contributed by atoms with Gasteiger partial charge in [0, 0.05) is 24.3 Å². The number of azo groups is 2. The summed E-state index contributed by atoms with van der Waals surface area (Å²) in [5, 5.41) is 16.9. The Bertz CT molecular complexity index is 2060. The second-order valence-electron chi connectivity index (χ2n) is 12.7. The van der Waals surface area contributed by atoms with Gasteiger partial charge in [-0.15, -0.1) is 0 Å². The van der Waals surface area contributed by atoms with Crippen molar-refractivity contribution in [1.29, 1.82) is 0 Å². The molecule has 0 saturated carbocycles. The molecular weight excluding hydrogens is 709 g/mol. The van der Waals surface area contributed by atoms with Gasteiger partial charge in [-0.3, -0.25) is 0 Å². The summed E-state index contributed by atoms with van der Waals surface area (Å²) in [4.78, 5) is 25.3. The molecule has 2 aromatic heterocycles. The van der Waals surface area contributed by atoms with Gasteiger partial charge in [-0.05, 0) is 86.6 Å². The number of carbonyl (C=O) groups is 2. The number of aryl methyl sites for hydroxylation is 2. The number of rotatable bonds is 17. The van der Waals surface area contributed by atoms with Crippen molar-refractivity contribution in [2.45, 2.75) is 26.9 Å². The quantitative estimate of drug-likeness (QED) is 0.0397. The molecule has 0 unspecified atom stereocenters. The van der Waals surface area contributed by atoms with Gasteiger partial charge < -0.3 is 18.9 Å². The topological polar surface area (TPSA) is 128 Å². The Morgan fingerprint density at radius 1 is 0.429 bits per heavy atom. The Hall–Kier alpha value is -6.76. The first-order valence-electron chi connectivity index (χ1n) is 18.1. The van der Waals surface area contributed by atoms with E-state index in [0.717, 1.165) is 22.5 Å². The predicted octanol–water partition coefficient (Wildman–Crippen LogP) is 8.88. The summed E-state index contributed by atoms with van der Waals surface area (Å²) in [5.74, 6) is -0.0290. The lowest BCUT2D eigenvalue weighted by atomic mass is 10.2. The van der Waals surface area contributed by atoms with Gasteiger partial charge >= 0.3 is 11.9 Å². The molecule has 6 aromatic rings. The number of pyridine rings is 2. The van der Waals surface area contributed by atoms with E-state index < -0.39 is 11.9 Å². The molecule has 0 saturated heterocycles. The van der Waals surface area contributed by atoms with Gasteiger partial charge in [0.05, 0.1) is 47.1 Å². The van der Waals surface area contributed by atoms with Crippen molar-refractivity contribution in [3.63, 3.8) is 0 Å². The van der Waals surface area contributed by atoms with Crippen molar-refractivity contribution >= 4 is 34.7 Å². The molecule has 12 heteroatoms. The second kappa shape index (κ2) is 20.1. The maximum Gasteiger partial charge on any atom is 0.343 e. The fourth-order valence-corrected chi connectivity index (χ4v) is 5.10. The van der Waals surface area contributed by atoms with Crippen LogP contribution in [0.15, 0.2) is 167 Å². The normalized spacial score (nSPS) is 11.2. The number of carbonyl (C=O) groups excluding carboxylic acids is 2. The molecule has 4 aromatic carbocycles. The maximum absolute atomic E-state index is 12.6. The van der Waals surface area contributed by atoms with Crippen LogP contribution in [0.2, 0.25) is 0 Å². The van der Waals surface area contributed by atoms with E-state index in [-0.39, 0.29) is 0 Å². The Morgan fingerprint density at radius 2 is 0.732 bits per heavy atom. The van der Waals surface area contributed by atoms with E-state index in [1.54, 1.807) is 72.8 Å². The molecule has 0 aliphatic heterocycles. The van der Waals surface area contributed by atoms with Crippen molar-refractivity contribution in [3.8, 4) is 11.5 Å². The van der Waals surface area contributed by atoms with E-state index in [4.69, 9.17) is 18.9 Å². The van der Waals surface area contributed by atoms with Crippen LogP contribution in [-0.4, -0.2) is 38.4 Å². The molecule has 282 valence electrons. The molecule has 0 bridgehead atoms. The maximum atomic E-state index is 12.6. The third-order valence-electron chi connectivity index (χ3n) is 8.34. The molecule has 0 spiro atoms. The number of benzene rings is 4. The first-order valence-corrected chi connectivity index (χ1v) is 18.1. The smallest absolute Gasteiger partial charge is 0.343 e. The number of esters is 2. The predicted molar refractivity (Wildman–Crippen MR) is 208 cm³/mol. The summed E-state index contributed by atoms with van der Waals surface area (Å²) in [6.07, 6.45) is 7.33. The summed E-state index contributed by atoms with van der Waals surface area (Å²) in [5.41, 5.74) is 5.93. The molecule has 6 rings (SSSR count). The molecule has 0 fully saturated rings. The number of hydrogen-bond donors (Lipinski definition) is 0. The molecule has 2 heterocycles. The van der Waals surface area contributed by atoms with Gasteiger partial charge in [0.2, 0.25) is 0 Å². The highest BCUT2D eigenvalue weighted by Gasteiger charge is 2.12. The zero-order valence-corrected chi connectivity index (χ0v) is 31.2. The molecule has 0 aliphatic carbocycles. The van der Waals surface area contributed by atoms with Crippen LogP contribution in [0.4, 0.5) is 22.7 Å². The molecule has 0 radical (unpaired) electrons. The first kappa shape index (κ1) is 38.9. The number of hydrogen-bond acceptors (Lipinski definition) is 10. The molecule has 0 aliphatic rings. The van der Waals surface area contributed by atoms with E-state index in [9.17, 15) is 9.59 Å². The Kier molecular flexibility index (Phi) is 14.0. The zero-order chi connectivity index (χ0) is 39.0. The second-order valence-corrected chi connectivity index (χ2v) is 12.7. The summed E-state index contributed by atoms with van der Waals surface area (Å²) in [7, 11) is 0. The molecule has 0 N–H and O–H groups in total.